The normalized spacial score (nSPS) is 15.4. The van der Waals surface area contributed by atoms with E-state index in [1.807, 2.05) is 12.1 Å². The molecule has 2 rings (SSSR count). The number of ether oxygens (including phenoxy) is 1. The Balaban J connectivity index is 0.000000127. The topological polar surface area (TPSA) is 22.4 Å². The Kier molecular flexibility index (Phi) is 4.54. The van der Waals surface area contributed by atoms with E-state index in [1.165, 1.54) is 12.8 Å². The lowest BCUT2D eigenvalue weighted by molar-refractivity contribution is 0.198. The third-order valence-corrected chi connectivity index (χ3v) is 1.76. The molecule has 1 fully saturated rings. The van der Waals surface area contributed by atoms with Crippen LogP contribution in [-0.2, 0) is 11.2 Å². The van der Waals surface area contributed by atoms with Gasteiger partial charge >= 0.3 is 0 Å². The summed E-state index contributed by atoms with van der Waals surface area (Å²) in [5.74, 6) is 1.06. The highest BCUT2D eigenvalue weighted by molar-refractivity contribution is 4.96. The molecule has 68 valence electrons. The van der Waals surface area contributed by atoms with E-state index in [1.54, 1.807) is 6.26 Å². The van der Waals surface area contributed by atoms with Crippen LogP contribution < -0.4 is 0 Å². The Morgan fingerprint density at radius 3 is 2.33 bits per heavy atom. The molecule has 2 heterocycles. The first-order chi connectivity index (χ1) is 5.93. The molecule has 1 aromatic heterocycles. The molecule has 1 aliphatic heterocycles. The molecule has 0 aliphatic carbocycles. The van der Waals surface area contributed by atoms with Crippen molar-refractivity contribution in [3.05, 3.63) is 24.2 Å². The minimum absolute atomic E-state index is 0.993. The van der Waals surface area contributed by atoms with Crippen molar-refractivity contribution in [2.75, 3.05) is 13.2 Å². The van der Waals surface area contributed by atoms with Crippen molar-refractivity contribution in [2.45, 2.75) is 26.2 Å². The summed E-state index contributed by atoms with van der Waals surface area (Å²) in [7, 11) is 0. The van der Waals surface area contributed by atoms with E-state index in [9.17, 15) is 0 Å². The van der Waals surface area contributed by atoms with Crippen molar-refractivity contribution < 1.29 is 9.15 Å². The zero-order valence-corrected chi connectivity index (χ0v) is 7.58. The Morgan fingerprint density at radius 1 is 1.33 bits per heavy atom. The maximum Gasteiger partial charge on any atom is 0.103 e. The van der Waals surface area contributed by atoms with E-state index in [0.29, 0.717) is 0 Å². The van der Waals surface area contributed by atoms with E-state index in [0.717, 1.165) is 25.4 Å². The molecule has 1 aliphatic rings. The standard InChI is InChI=1S/C6H8O.C4H8O/c1-2-6-4-3-5-7-6;1-2-4-5-3-1/h3-5H,2H2,1H3;1-4H2. The summed E-state index contributed by atoms with van der Waals surface area (Å²) >= 11 is 0. The van der Waals surface area contributed by atoms with Crippen LogP contribution in [0.15, 0.2) is 22.8 Å². The van der Waals surface area contributed by atoms with Gasteiger partial charge in [-0.15, -0.1) is 0 Å². The molecule has 0 N–H and O–H groups in total. The second-order valence-corrected chi connectivity index (χ2v) is 2.75. The molecule has 0 spiro atoms. The molecule has 1 aromatic rings. The van der Waals surface area contributed by atoms with E-state index in [4.69, 9.17) is 9.15 Å². The molecule has 0 saturated carbocycles. The average molecular weight is 168 g/mol. The summed E-state index contributed by atoms with van der Waals surface area (Å²) in [4.78, 5) is 0. The fraction of sp³-hybridized carbons (Fsp3) is 0.600. The third kappa shape index (κ3) is 3.58. The van der Waals surface area contributed by atoms with E-state index in [-0.39, 0.29) is 0 Å². The summed E-state index contributed by atoms with van der Waals surface area (Å²) < 4.78 is 9.93. The molecule has 1 saturated heterocycles. The summed E-state index contributed by atoms with van der Waals surface area (Å²) in [6.07, 6.45) is 5.24. The van der Waals surface area contributed by atoms with Gasteiger partial charge in [-0.25, -0.2) is 0 Å². The van der Waals surface area contributed by atoms with Crippen LogP contribution in [0.5, 0.6) is 0 Å². The maximum atomic E-state index is 4.98. The number of hydrogen-bond acceptors (Lipinski definition) is 2. The van der Waals surface area contributed by atoms with Crippen LogP contribution in [0.1, 0.15) is 25.5 Å². The lowest BCUT2D eigenvalue weighted by atomic mass is 10.4. The second kappa shape index (κ2) is 5.84. The van der Waals surface area contributed by atoms with Gasteiger partial charge in [0.2, 0.25) is 0 Å². The lowest BCUT2D eigenvalue weighted by Gasteiger charge is -1.79. The van der Waals surface area contributed by atoms with Crippen LogP contribution in [0.25, 0.3) is 0 Å². The minimum Gasteiger partial charge on any atom is -0.469 e. The fourth-order valence-corrected chi connectivity index (χ4v) is 1.02. The van der Waals surface area contributed by atoms with Gasteiger partial charge in [0.25, 0.3) is 0 Å². The zero-order valence-electron chi connectivity index (χ0n) is 7.58. The first-order valence-corrected chi connectivity index (χ1v) is 4.53. The molecular formula is C10H16O2. The van der Waals surface area contributed by atoms with Crippen molar-refractivity contribution in [3.63, 3.8) is 0 Å². The number of aryl methyl sites for hydroxylation is 1. The Bertz CT molecular complexity index is 168. The number of hydrogen-bond donors (Lipinski definition) is 0. The molecule has 0 unspecified atom stereocenters. The predicted octanol–water partition coefficient (Wildman–Crippen LogP) is 2.64. The van der Waals surface area contributed by atoms with Crippen LogP contribution in [0, 0.1) is 0 Å². The van der Waals surface area contributed by atoms with Gasteiger partial charge in [-0.05, 0) is 25.0 Å². The molecule has 0 amide bonds. The first-order valence-electron chi connectivity index (χ1n) is 4.53. The highest BCUT2D eigenvalue weighted by Crippen LogP contribution is 1.98. The van der Waals surface area contributed by atoms with Gasteiger partial charge in [0.1, 0.15) is 5.76 Å². The predicted molar refractivity (Wildman–Crippen MR) is 48.1 cm³/mol. The first kappa shape index (κ1) is 9.33. The fourth-order valence-electron chi connectivity index (χ4n) is 1.02. The lowest BCUT2D eigenvalue weighted by Crippen LogP contribution is -1.74. The van der Waals surface area contributed by atoms with Gasteiger partial charge in [0.15, 0.2) is 0 Å². The zero-order chi connectivity index (χ0) is 8.65. The van der Waals surface area contributed by atoms with Crippen LogP contribution in [0.3, 0.4) is 0 Å². The molecule has 2 nitrogen and oxygen atoms in total. The Labute approximate surface area is 73.5 Å². The monoisotopic (exact) mass is 168 g/mol. The molecule has 0 bridgehead atoms. The van der Waals surface area contributed by atoms with E-state index in [2.05, 4.69) is 6.92 Å². The van der Waals surface area contributed by atoms with Crippen LogP contribution in [0.2, 0.25) is 0 Å². The number of rotatable bonds is 1. The van der Waals surface area contributed by atoms with E-state index < -0.39 is 0 Å². The van der Waals surface area contributed by atoms with Crippen molar-refractivity contribution in [2.24, 2.45) is 0 Å². The van der Waals surface area contributed by atoms with Gasteiger partial charge in [0.05, 0.1) is 6.26 Å². The van der Waals surface area contributed by atoms with Crippen molar-refractivity contribution in [1.82, 2.24) is 0 Å². The molecular weight excluding hydrogens is 152 g/mol. The largest absolute Gasteiger partial charge is 0.469 e. The molecule has 0 atom stereocenters. The van der Waals surface area contributed by atoms with Gasteiger partial charge in [-0.3, -0.25) is 0 Å². The smallest absolute Gasteiger partial charge is 0.103 e. The van der Waals surface area contributed by atoms with Crippen LogP contribution in [0.4, 0.5) is 0 Å². The second-order valence-electron chi connectivity index (χ2n) is 2.75. The quantitative estimate of drug-likeness (QED) is 0.643. The average Bonchev–Trinajstić information content (AvgIpc) is 2.81. The minimum atomic E-state index is 0.993. The molecule has 0 radical (unpaired) electrons. The molecule has 0 aromatic carbocycles. The van der Waals surface area contributed by atoms with Crippen molar-refractivity contribution in [1.29, 1.82) is 0 Å². The van der Waals surface area contributed by atoms with Gasteiger partial charge in [-0.2, -0.15) is 0 Å². The van der Waals surface area contributed by atoms with Gasteiger partial charge in [0, 0.05) is 19.6 Å². The van der Waals surface area contributed by atoms with Crippen molar-refractivity contribution >= 4 is 0 Å². The summed E-state index contributed by atoms with van der Waals surface area (Å²) in [5.41, 5.74) is 0. The Hall–Kier alpha value is -0.760. The van der Waals surface area contributed by atoms with Crippen molar-refractivity contribution in [3.8, 4) is 0 Å². The molecule has 12 heavy (non-hydrogen) atoms. The third-order valence-electron chi connectivity index (χ3n) is 1.76. The van der Waals surface area contributed by atoms with E-state index >= 15 is 0 Å². The summed E-state index contributed by atoms with van der Waals surface area (Å²) in [6.45, 7) is 4.07. The maximum absolute atomic E-state index is 4.98. The Morgan fingerprint density at radius 2 is 2.08 bits per heavy atom. The van der Waals surface area contributed by atoms with Gasteiger partial charge in [-0.1, -0.05) is 6.92 Å². The summed E-state index contributed by atoms with van der Waals surface area (Å²) in [5, 5.41) is 0. The SMILES string of the molecule is C1CCOC1.CCc1ccco1. The number of furan rings is 1. The highest BCUT2D eigenvalue weighted by atomic mass is 16.5. The summed E-state index contributed by atoms with van der Waals surface area (Å²) in [6, 6.07) is 3.87. The highest BCUT2D eigenvalue weighted by Gasteiger charge is 1.94. The van der Waals surface area contributed by atoms with Crippen LogP contribution in [-0.4, -0.2) is 13.2 Å². The van der Waals surface area contributed by atoms with Gasteiger partial charge < -0.3 is 9.15 Å². The molecule has 2 heteroatoms. The van der Waals surface area contributed by atoms with Crippen LogP contribution >= 0.6 is 0 Å².